The van der Waals surface area contributed by atoms with Gasteiger partial charge in [0.25, 0.3) is 0 Å². The zero-order valence-electron chi connectivity index (χ0n) is 11.2. The van der Waals surface area contributed by atoms with Gasteiger partial charge in [0.1, 0.15) is 12.1 Å². The second-order valence-corrected chi connectivity index (χ2v) is 4.49. The monoisotopic (exact) mass is 258 g/mol. The van der Waals surface area contributed by atoms with Crippen LogP contribution in [0.3, 0.4) is 0 Å². The van der Waals surface area contributed by atoms with Gasteiger partial charge < -0.3 is 11.1 Å². The molecular weight excluding hydrogens is 240 g/mol. The lowest BCUT2D eigenvalue weighted by Gasteiger charge is -2.13. The van der Waals surface area contributed by atoms with Crippen LogP contribution in [0, 0.1) is 5.92 Å². The molecule has 5 nitrogen and oxygen atoms in total. The number of fused-ring (bicyclic) bond motifs is 1. The molecule has 0 aliphatic rings. The van der Waals surface area contributed by atoms with Crippen LogP contribution < -0.4 is 11.1 Å². The van der Waals surface area contributed by atoms with Crippen molar-refractivity contribution in [1.82, 2.24) is 9.97 Å². The summed E-state index contributed by atoms with van der Waals surface area (Å²) in [6, 6.07) is 5.47. The van der Waals surface area contributed by atoms with Gasteiger partial charge in [-0.15, -0.1) is 0 Å². The van der Waals surface area contributed by atoms with E-state index in [0.29, 0.717) is 5.82 Å². The number of nitrogens with two attached hydrogens (primary N) is 1. The van der Waals surface area contributed by atoms with Crippen LogP contribution in [0.1, 0.15) is 26.7 Å². The molecule has 2 aromatic rings. The number of aromatic nitrogens is 2. The molecule has 19 heavy (non-hydrogen) atoms. The highest BCUT2D eigenvalue weighted by atomic mass is 16.1. The molecule has 0 spiro atoms. The first-order chi connectivity index (χ1) is 9.15. The van der Waals surface area contributed by atoms with Gasteiger partial charge in [-0.3, -0.25) is 4.79 Å². The molecule has 2 rings (SSSR count). The molecule has 1 heterocycles. The second kappa shape index (κ2) is 5.65. The number of anilines is 2. The van der Waals surface area contributed by atoms with Crippen molar-refractivity contribution in [2.24, 2.45) is 5.92 Å². The number of carbonyl (C=O) groups is 1. The average molecular weight is 258 g/mol. The molecule has 100 valence electrons. The third kappa shape index (κ3) is 2.81. The summed E-state index contributed by atoms with van der Waals surface area (Å²) in [6.45, 7) is 4.03. The van der Waals surface area contributed by atoms with Crippen molar-refractivity contribution in [1.29, 1.82) is 0 Å². The number of carbonyl (C=O) groups excluding carboxylic acids is 1. The fraction of sp³-hybridized carbons (Fsp3) is 0.357. The largest absolute Gasteiger partial charge is 0.383 e. The van der Waals surface area contributed by atoms with E-state index in [0.717, 1.165) is 29.4 Å². The van der Waals surface area contributed by atoms with Crippen LogP contribution in [-0.4, -0.2) is 15.9 Å². The van der Waals surface area contributed by atoms with Crippen molar-refractivity contribution >= 4 is 28.3 Å². The molecule has 0 unspecified atom stereocenters. The Labute approximate surface area is 112 Å². The normalized spacial score (nSPS) is 10.9. The summed E-state index contributed by atoms with van der Waals surface area (Å²) >= 11 is 0. The van der Waals surface area contributed by atoms with E-state index < -0.39 is 0 Å². The summed E-state index contributed by atoms with van der Waals surface area (Å²) in [4.78, 5) is 20.1. The van der Waals surface area contributed by atoms with Crippen LogP contribution in [0.2, 0.25) is 0 Å². The highest BCUT2D eigenvalue weighted by Gasteiger charge is 2.14. The van der Waals surface area contributed by atoms with E-state index in [9.17, 15) is 4.79 Å². The molecule has 0 radical (unpaired) electrons. The molecule has 1 amide bonds. The molecule has 1 aromatic carbocycles. The molecule has 0 saturated carbocycles. The zero-order chi connectivity index (χ0) is 13.8. The molecule has 0 saturated heterocycles. The standard InChI is InChI=1S/C14H18N4O/c1-3-9(4-2)14(19)18-10-5-6-12-11(7-10)13(15)17-8-16-12/h5-9H,3-4H2,1-2H3,(H,18,19)(H2,15,16,17). The van der Waals surface area contributed by atoms with Crippen molar-refractivity contribution in [3.8, 4) is 0 Å². The first-order valence-corrected chi connectivity index (χ1v) is 6.46. The van der Waals surface area contributed by atoms with Crippen LogP contribution in [0.25, 0.3) is 10.9 Å². The van der Waals surface area contributed by atoms with E-state index in [1.807, 2.05) is 32.0 Å². The fourth-order valence-electron chi connectivity index (χ4n) is 2.06. The van der Waals surface area contributed by atoms with Crippen LogP contribution >= 0.6 is 0 Å². The maximum atomic E-state index is 12.0. The summed E-state index contributed by atoms with van der Waals surface area (Å²) in [5.41, 5.74) is 7.30. The van der Waals surface area contributed by atoms with Gasteiger partial charge in [0.2, 0.25) is 5.91 Å². The number of hydrogen-bond acceptors (Lipinski definition) is 4. The van der Waals surface area contributed by atoms with Crippen molar-refractivity contribution in [3.63, 3.8) is 0 Å². The number of hydrogen-bond donors (Lipinski definition) is 2. The lowest BCUT2D eigenvalue weighted by molar-refractivity contribution is -0.120. The number of rotatable bonds is 4. The number of nitrogens with zero attached hydrogens (tertiary/aromatic N) is 2. The quantitative estimate of drug-likeness (QED) is 0.883. The van der Waals surface area contributed by atoms with Crippen molar-refractivity contribution in [3.05, 3.63) is 24.5 Å². The van der Waals surface area contributed by atoms with E-state index >= 15 is 0 Å². The van der Waals surface area contributed by atoms with Gasteiger partial charge in [0.05, 0.1) is 5.52 Å². The van der Waals surface area contributed by atoms with Gasteiger partial charge in [-0.25, -0.2) is 9.97 Å². The first kappa shape index (κ1) is 13.3. The third-order valence-corrected chi connectivity index (χ3v) is 3.29. The number of benzene rings is 1. The Kier molecular flexibility index (Phi) is 3.94. The Morgan fingerprint density at radius 2 is 2.05 bits per heavy atom. The number of amides is 1. The Bertz CT molecular complexity index is 593. The fourth-order valence-corrected chi connectivity index (χ4v) is 2.06. The minimum atomic E-state index is 0.0415. The predicted octanol–water partition coefficient (Wildman–Crippen LogP) is 2.59. The minimum absolute atomic E-state index is 0.0415. The van der Waals surface area contributed by atoms with E-state index in [2.05, 4.69) is 15.3 Å². The lowest BCUT2D eigenvalue weighted by Crippen LogP contribution is -2.21. The smallest absolute Gasteiger partial charge is 0.227 e. The molecule has 3 N–H and O–H groups in total. The molecule has 0 fully saturated rings. The SMILES string of the molecule is CCC(CC)C(=O)Nc1ccc2ncnc(N)c2c1. The zero-order valence-corrected chi connectivity index (χ0v) is 11.2. The van der Waals surface area contributed by atoms with Crippen LogP contribution in [0.4, 0.5) is 11.5 Å². The highest BCUT2D eigenvalue weighted by molar-refractivity contribution is 5.96. The number of nitrogen functional groups attached to an aromatic ring is 1. The van der Waals surface area contributed by atoms with Gasteiger partial charge in [0, 0.05) is 17.0 Å². The summed E-state index contributed by atoms with van der Waals surface area (Å²) in [7, 11) is 0. The summed E-state index contributed by atoms with van der Waals surface area (Å²) in [5.74, 6) is 0.503. The molecule has 0 aliphatic heterocycles. The van der Waals surface area contributed by atoms with Crippen molar-refractivity contribution in [2.45, 2.75) is 26.7 Å². The minimum Gasteiger partial charge on any atom is -0.383 e. The molecule has 0 atom stereocenters. The first-order valence-electron chi connectivity index (χ1n) is 6.46. The lowest BCUT2D eigenvalue weighted by atomic mass is 10.0. The van der Waals surface area contributed by atoms with Crippen LogP contribution in [0.15, 0.2) is 24.5 Å². The van der Waals surface area contributed by atoms with Gasteiger partial charge in [-0.05, 0) is 31.0 Å². The average Bonchev–Trinajstić information content (AvgIpc) is 2.41. The Balaban J connectivity index is 2.27. The van der Waals surface area contributed by atoms with Gasteiger partial charge in [0.15, 0.2) is 0 Å². The van der Waals surface area contributed by atoms with Gasteiger partial charge in [-0.1, -0.05) is 13.8 Å². The van der Waals surface area contributed by atoms with E-state index in [4.69, 9.17) is 5.73 Å². The topological polar surface area (TPSA) is 80.9 Å². The van der Waals surface area contributed by atoms with Crippen molar-refractivity contribution in [2.75, 3.05) is 11.1 Å². The maximum Gasteiger partial charge on any atom is 0.227 e. The van der Waals surface area contributed by atoms with E-state index in [1.165, 1.54) is 6.33 Å². The molecule has 0 aliphatic carbocycles. The molecule has 1 aromatic heterocycles. The van der Waals surface area contributed by atoms with Crippen LogP contribution in [-0.2, 0) is 4.79 Å². The molecule has 5 heteroatoms. The second-order valence-electron chi connectivity index (χ2n) is 4.49. The summed E-state index contributed by atoms with van der Waals surface area (Å²) in [5, 5.41) is 3.67. The summed E-state index contributed by atoms with van der Waals surface area (Å²) < 4.78 is 0. The molecular formula is C14H18N4O. The Morgan fingerprint density at radius 3 is 2.74 bits per heavy atom. The number of nitrogens with one attached hydrogen (secondary N) is 1. The highest BCUT2D eigenvalue weighted by Crippen LogP contribution is 2.22. The molecule has 0 bridgehead atoms. The van der Waals surface area contributed by atoms with Gasteiger partial charge >= 0.3 is 0 Å². The van der Waals surface area contributed by atoms with Gasteiger partial charge in [-0.2, -0.15) is 0 Å². The van der Waals surface area contributed by atoms with Crippen molar-refractivity contribution < 1.29 is 4.79 Å². The predicted molar refractivity (Wildman–Crippen MR) is 76.7 cm³/mol. The van der Waals surface area contributed by atoms with Crippen LogP contribution in [0.5, 0.6) is 0 Å². The Morgan fingerprint density at radius 1 is 1.32 bits per heavy atom. The van der Waals surface area contributed by atoms with E-state index in [-0.39, 0.29) is 11.8 Å². The summed E-state index contributed by atoms with van der Waals surface area (Å²) in [6.07, 6.45) is 3.10. The maximum absolute atomic E-state index is 12.0. The third-order valence-electron chi connectivity index (χ3n) is 3.29. The Hall–Kier alpha value is -2.17. The van der Waals surface area contributed by atoms with E-state index in [1.54, 1.807) is 0 Å².